The first-order chi connectivity index (χ1) is 8.41. The lowest BCUT2D eigenvalue weighted by Gasteiger charge is -2.25. The number of aliphatic carboxylic acids is 2. The van der Waals surface area contributed by atoms with Crippen LogP contribution in [0, 0.1) is 11.3 Å². The zero-order valence-corrected chi connectivity index (χ0v) is 9.88. The molecule has 1 aromatic carbocycles. The van der Waals surface area contributed by atoms with Gasteiger partial charge in [-0.2, -0.15) is 5.26 Å². The summed E-state index contributed by atoms with van der Waals surface area (Å²) in [5.74, 6) is -2.19. The van der Waals surface area contributed by atoms with Crippen LogP contribution in [-0.2, 0) is 15.0 Å². The number of rotatable bonds is 5. The maximum Gasteiger partial charge on any atom is 0.313 e. The largest absolute Gasteiger partial charge is 0.481 e. The fraction of sp³-hybridized carbons (Fsp3) is 0.308. The van der Waals surface area contributed by atoms with Gasteiger partial charge in [0.2, 0.25) is 0 Å². The van der Waals surface area contributed by atoms with E-state index in [9.17, 15) is 14.7 Å². The van der Waals surface area contributed by atoms with E-state index in [1.165, 1.54) is 13.0 Å². The van der Waals surface area contributed by atoms with Gasteiger partial charge in [-0.15, -0.1) is 0 Å². The van der Waals surface area contributed by atoms with Gasteiger partial charge < -0.3 is 10.2 Å². The average molecular weight is 247 g/mol. The molecule has 0 fully saturated rings. The van der Waals surface area contributed by atoms with Crippen molar-refractivity contribution in [2.24, 2.45) is 0 Å². The van der Waals surface area contributed by atoms with Gasteiger partial charge in [0.25, 0.3) is 0 Å². The molecule has 18 heavy (non-hydrogen) atoms. The molecule has 0 heterocycles. The van der Waals surface area contributed by atoms with Crippen LogP contribution in [0.4, 0.5) is 0 Å². The summed E-state index contributed by atoms with van der Waals surface area (Å²) in [6.45, 7) is 1.44. The molecule has 0 bridgehead atoms. The molecule has 1 atom stereocenters. The number of hydrogen-bond acceptors (Lipinski definition) is 3. The minimum absolute atomic E-state index is 0.0592. The van der Waals surface area contributed by atoms with Crippen LogP contribution in [0.15, 0.2) is 24.3 Å². The Morgan fingerprint density at radius 2 is 1.94 bits per heavy atom. The summed E-state index contributed by atoms with van der Waals surface area (Å²) in [4.78, 5) is 22.0. The summed E-state index contributed by atoms with van der Waals surface area (Å²) in [7, 11) is 0. The van der Waals surface area contributed by atoms with Gasteiger partial charge in [0, 0.05) is 6.42 Å². The zero-order chi connectivity index (χ0) is 13.8. The van der Waals surface area contributed by atoms with Crippen LogP contribution < -0.4 is 0 Å². The Morgan fingerprint density at radius 3 is 2.44 bits per heavy atom. The maximum atomic E-state index is 11.4. The average Bonchev–Trinajstić information content (AvgIpc) is 2.35. The summed E-state index contributed by atoms with van der Waals surface area (Å²) < 4.78 is 0. The van der Waals surface area contributed by atoms with Crippen LogP contribution in [0.5, 0.6) is 0 Å². The summed E-state index contributed by atoms with van der Waals surface area (Å²) in [5, 5.41) is 27.0. The molecule has 94 valence electrons. The lowest BCUT2D eigenvalue weighted by atomic mass is 9.76. The Hall–Kier alpha value is -2.35. The van der Waals surface area contributed by atoms with Crippen molar-refractivity contribution in [1.82, 2.24) is 0 Å². The first-order valence-electron chi connectivity index (χ1n) is 5.36. The van der Waals surface area contributed by atoms with Crippen molar-refractivity contribution in [3.8, 4) is 6.07 Å². The Kier molecular flexibility index (Phi) is 4.05. The highest BCUT2D eigenvalue weighted by Crippen LogP contribution is 2.31. The van der Waals surface area contributed by atoms with E-state index in [-0.39, 0.29) is 18.4 Å². The molecule has 5 heteroatoms. The Balaban J connectivity index is 3.23. The van der Waals surface area contributed by atoms with Crippen LogP contribution in [-0.4, -0.2) is 22.2 Å². The van der Waals surface area contributed by atoms with Gasteiger partial charge in [0.1, 0.15) is 0 Å². The van der Waals surface area contributed by atoms with Crippen molar-refractivity contribution in [1.29, 1.82) is 5.26 Å². The quantitative estimate of drug-likeness (QED) is 0.826. The lowest BCUT2D eigenvalue weighted by molar-refractivity contribution is -0.144. The van der Waals surface area contributed by atoms with Crippen LogP contribution in [0.2, 0.25) is 0 Å². The second kappa shape index (κ2) is 5.32. The fourth-order valence-electron chi connectivity index (χ4n) is 1.78. The van der Waals surface area contributed by atoms with Gasteiger partial charge in [-0.05, 0) is 25.0 Å². The number of nitriles is 1. The highest BCUT2D eigenvalue weighted by atomic mass is 16.4. The number of hydrogen-bond donors (Lipinski definition) is 2. The summed E-state index contributed by atoms with van der Waals surface area (Å²) in [6, 6.07) is 8.29. The fourth-order valence-corrected chi connectivity index (χ4v) is 1.78. The van der Waals surface area contributed by atoms with Gasteiger partial charge >= 0.3 is 11.9 Å². The zero-order valence-electron chi connectivity index (χ0n) is 9.88. The van der Waals surface area contributed by atoms with E-state index in [0.717, 1.165) is 0 Å². The number of carbonyl (C=O) groups is 2. The van der Waals surface area contributed by atoms with Gasteiger partial charge in [-0.1, -0.05) is 18.2 Å². The molecule has 0 radical (unpaired) electrons. The van der Waals surface area contributed by atoms with E-state index in [1.807, 2.05) is 6.07 Å². The van der Waals surface area contributed by atoms with E-state index in [0.29, 0.717) is 5.56 Å². The topological polar surface area (TPSA) is 98.4 Å². The molecular weight excluding hydrogens is 234 g/mol. The van der Waals surface area contributed by atoms with E-state index < -0.39 is 17.4 Å². The number of benzene rings is 1. The minimum atomic E-state index is -1.37. The molecule has 0 saturated carbocycles. The number of carboxylic acid groups (broad SMARTS) is 2. The van der Waals surface area contributed by atoms with E-state index in [4.69, 9.17) is 10.4 Å². The van der Waals surface area contributed by atoms with E-state index >= 15 is 0 Å². The molecule has 0 aliphatic rings. The molecule has 0 aliphatic carbocycles. The molecule has 0 saturated heterocycles. The van der Waals surface area contributed by atoms with E-state index in [1.54, 1.807) is 18.2 Å². The van der Waals surface area contributed by atoms with Crippen LogP contribution >= 0.6 is 0 Å². The SMILES string of the molecule is CC(CCC(=O)O)(C(=O)O)c1ccccc1C#N. The first-order valence-corrected chi connectivity index (χ1v) is 5.36. The highest BCUT2D eigenvalue weighted by Gasteiger charge is 2.37. The second-order valence-corrected chi connectivity index (χ2v) is 4.19. The predicted octanol–water partition coefficient (Wildman–Crippen LogP) is 1.77. The minimum Gasteiger partial charge on any atom is -0.481 e. The van der Waals surface area contributed by atoms with E-state index in [2.05, 4.69) is 0 Å². The third-order valence-electron chi connectivity index (χ3n) is 2.95. The Bertz CT molecular complexity index is 518. The van der Waals surface area contributed by atoms with Gasteiger partial charge in [0.15, 0.2) is 0 Å². The van der Waals surface area contributed by atoms with Crippen LogP contribution in [0.1, 0.15) is 30.9 Å². The predicted molar refractivity (Wildman–Crippen MR) is 63.0 cm³/mol. The molecule has 1 aromatic rings. The standard InChI is InChI=1S/C13H13NO4/c1-13(12(17)18,7-6-11(15)16)10-5-3-2-4-9(10)8-14/h2-5H,6-7H2,1H3,(H,15,16)(H,17,18). The summed E-state index contributed by atoms with van der Waals surface area (Å²) in [6.07, 6.45) is -0.321. The third kappa shape index (κ3) is 2.66. The van der Waals surface area contributed by atoms with Crippen molar-refractivity contribution in [2.75, 3.05) is 0 Å². The molecule has 5 nitrogen and oxygen atoms in total. The smallest absolute Gasteiger partial charge is 0.313 e. The third-order valence-corrected chi connectivity index (χ3v) is 2.95. The monoisotopic (exact) mass is 247 g/mol. The molecule has 1 rings (SSSR count). The molecule has 2 N–H and O–H groups in total. The molecule has 0 aromatic heterocycles. The molecular formula is C13H13NO4. The molecule has 1 unspecified atom stereocenters. The molecule has 0 aliphatic heterocycles. The second-order valence-electron chi connectivity index (χ2n) is 4.19. The van der Waals surface area contributed by atoms with Gasteiger partial charge in [-0.25, -0.2) is 0 Å². The van der Waals surface area contributed by atoms with Crippen molar-refractivity contribution < 1.29 is 19.8 Å². The summed E-state index contributed by atoms with van der Waals surface area (Å²) >= 11 is 0. The van der Waals surface area contributed by atoms with Crippen molar-refractivity contribution >= 4 is 11.9 Å². The lowest BCUT2D eigenvalue weighted by Crippen LogP contribution is -2.34. The maximum absolute atomic E-state index is 11.4. The van der Waals surface area contributed by atoms with Crippen molar-refractivity contribution in [3.63, 3.8) is 0 Å². The number of carboxylic acids is 2. The van der Waals surface area contributed by atoms with Crippen LogP contribution in [0.3, 0.4) is 0 Å². The van der Waals surface area contributed by atoms with Gasteiger partial charge in [-0.3, -0.25) is 9.59 Å². The Morgan fingerprint density at radius 1 is 1.33 bits per heavy atom. The first kappa shape index (κ1) is 13.7. The number of nitrogens with zero attached hydrogens (tertiary/aromatic N) is 1. The molecule has 0 amide bonds. The van der Waals surface area contributed by atoms with Crippen LogP contribution in [0.25, 0.3) is 0 Å². The van der Waals surface area contributed by atoms with Crippen molar-refractivity contribution in [2.45, 2.75) is 25.2 Å². The normalized spacial score (nSPS) is 13.3. The Labute approximate surface area is 104 Å². The molecule has 0 spiro atoms. The highest BCUT2D eigenvalue weighted by molar-refractivity contribution is 5.82. The van der Waals surface area contributed by atoms with Gasteiger partial charge in [0.05, 0.1) is 17.0 Å². The summed E-state index contributed by atoms with van der Waals surface area (Å²) in [5.41, 5.74) is -0.765. The van der Waals surface area contributed by atoms with Crippen molar-refractivity contribution in [3.05, 3.63) is 35.4 Å².